The Hall–Kier alpha value is -2.13. The Kier molecular flexibility index (Phi) is 4.72. The van der Waals surface area contributed by atoms with Gasteiger partial charge in [0.25, 0.3) is 0 Å². The molecule has 124 valence electrons. The zero-order chi connectivity index (χ0) is 17.3. The number of benzene rings is 2. The number of halogens is 1. The van der Waals surface area contributed by atoms with Gasteiger partial charge in [0.2, 0.25) is 0 Å². The maximum atomic E-state index is 12.5. The quantitative estimate of drug-likeness (QED) is 0.738. The van der Waals surface area contributed by atoms with Gasteiger partial charge in [-0.15, -0.1) is 0 Å². The van der Waals surface area contributed by atoms with Crippen LogP contribution in [0.4, 0.5) is 5.69 Å². The Bertz CT molecular complexity index is 813. The first-order chi connectivity index (χ1) is 11.5. The average molecular weight is 342 g/mol. The summed E-state index contributed by atoms with van der Waals surface area (Å²) in [7, 11) is 0. The van der Waals surface area contributed by atoms with Crippen LogP contribution in [0.3, 0.4) is 0 Å². The van der Waals surface area contributed by atoms with Crippen molar-refractivity contribution >= 4 is 29.5 Å². The summed E-state index contributed by atoms with van der Waals surface area (Å²) in [5, 5.41) is 0.649. The second kappa shape index (κ2) is 6.78. The molecule has 0 saturated heterocycles. The van der Waals surface area contributed by atoms with Gasteiger partial charge in [0, 0.05) is 17.2 Å². The molecule has 0 radical (unpaired) electrons. The van der Waals surface area contributed by atoms with Gasteiger partial charge in [0.1, 0.15) is 5.92 Å². The number of aliphatic imine (C=N–C) groups is 1. The molecule has 1 aliphatic rings. The molecule has 3 rings (SSSR count). The van der Waals surface area contributed by atoms with Crippen molar-refractivity contribution in [2.75, 3.05) is 6.61 Å². The number of ether oxygens (including phenoxy) is 1. The van der Waals surface area contributed by atoms with E-state index in [4.69, 9.17) is 16.3 Å². The van der Waals surface area contributed by atoms with Crippen molar-refractivity contribution in [1.29, 1.82) is 0 Å². The summed E-state index contributed by atoms with van der Waals surface area (Å²) < 4.78 is 5.27. The fourth-order valence-electron chi connectivity index (χ4n) is 3.15. The molecule has 0 amide bonds. The van der Waals surface area contributed by atoms with Gasteiger partial charge in [-0.05, 0) is 55.2 Å². The van der Waals surface area contributed by atoms with Crippen LogP contribution >= 0.6 is 11.6 Å². The SMILES string of the molecule is CCOC(=O)C1C=Nc2cc(C)c(C)cc2C1c1ccccc1Cl. The molecule has 2 unspecified atom stereocenters. The maximum absolute atomic E-state index is 12.5. The van der Waals surface area contributed by atoms with E-state index in [1.807, 2.05) is 31.2 Å². The molecule has 0 N–H and O–H groups in total. The van der Waals surface area contributed by atoms with Crippen molar-refractivity contribution in [3.8, 4) is 0 Å². The predicted octanol–water partition coefficient (Wildman–Crippen LogP) is 4.98. The van der Waals surface area contributed by atoms with Crippen LogP contribution in [0.15, 0.2) is 41.4 Å². The molecule has 0 aliphatic carbocycles. The number of rotatable bonds is 3. The van der Waals surface area contributed by atoms with E-state index in [0.29, 0.717) is 11.6 Å². The number of fused-ring (bicyclic) bond motifs is 1. The molecule has 1 heterocycles. The Labute approximate surface area is 147 Å². The topological polar surface area (TPSA) is 38.7 Å². The highest BCUT2D eigenvalue weighted by Gasteiger charge is 2.36. The van der Waals surface area contributed by atoms with E-state index in [2.05, 4.69) is 31.0 Å². The summed E-state index contributed by atoms with van der Waals surface area (Å²) in [5.74, 6) is -0.931. The largest absolute Gasteiger partial charge is 0.465 e. The molecule has 0 spiro atoms. The first kappa shape index (κ1) is 16.7. The molecular formula is C20H20ClNO2. The van der Waals surface area contributed by atoms with Crippen LogP contribution in [0.2, 0.25) is 5.02 Å². The molecule has 1 aliphatic heterocycles. The van der Waals surface area contributed by atoms with Gasteiger partial charge in [0.05, 0.1) is 12.3 Å². The molecule has 0 aromatic heterocycles. The lowest BCUT2D eigenvalue weighted by Crippen LogP contribution is -2.29. The summed E-state index contributed by atoms with van der Waals surface area (Å²) >= 11 is 6.45. The maximum Gasteiger partial charge on any atom is 0.315 e. The monoisotopic (exact) mass is 341 g/mol. The summed E-state index contributed by atoms with van der Waals surface area (Å²) in [5.41, 5.74) is 5.19. The Morgan fingerprint density at radius 2 is 1.88 bits per heavy atom. The second-order valence-corrected chi connectivity index (χ2v) is 6.46. The molecule has 0 fully saturated rings. The lowest BCUT2D eigenvalue weighted by Gasteiger charge is -2.29. The second-order valence-electron chi connectivity index (χ2n) is 6.05. The Balaban J connectivity index is 2.18. The smallest absolute Gasteiger partial charge is 0.315 e. The number of esters is 1. The minimum Gasteiger partial charge on any atom is -0.465 e. The fourth-order valence-corrected chi connectivity index (χ4v) is 3.40. The van der Waals surface area contributed by atoms with Crippen LogP contribution in [0.1, 0.15) is 35.1 Å². The van der Waals surface area contributed by atoms with E-state index in [1.54, 1.807) is 6.21 Å². The van der Waals surface area contributed by atoms with Crippen LogP contribution in [0.25, 0.3) is 0 Å². The predicted molar refractivity (Wildman–Crippen MR) is 97.5 cm³/mol. The zero-order valence-corrected chi connectivity index (χ0v) is 14.8. The lowest BCUT2D eigenvalue weighted by molar-refractivity contribution is -0.145. The van der Waals surface area contributed by atoms with Crippen molar-refractivity contribution in [3.63, 3.8) is 0 Å². The molecular weight excluding hydrogens is 322 g/mol. The van der Waals surface area contributed by atoms with Crippen LogP contribution in [0, 0.1) is 19.8 Å². The standard InChI is InChI=1S/C20H20ClNO2/c1-4-24-20(23)16-11-22-18-10-13(3)12(2)9-15(18)19(16)14-7-5-6-8-17(14)21/h5-11,16,19H,4H2,1-3H3. The minimum absolute atomic E-state index is 0.190. The number of carbonyl (C=O) groups excluding carboxylic acids is 1. The van der Waals surface area contributed by atoms with Crippen LogP contribution in [-0.2, 0) is 9.53 Å². The van der Waals surface area contributed by atoms with Crippen LogP contribution in [0.5, 0.6) is 0 Å². The van der Waals surface area contributed by atoms with E-state index >= 15 is 0 Å². The highest BCUT2D eigenvalue weighted by atomic mass is 35.5. The third-order valence-electron chi connectivity index (χ3n) is 4.51. The summed E-state index contributed by atoms with van der Waals surface area (Å²) in [6, 6.07) is 11.8. The van der Waals surface area contributed by atoms with Gasteiger partial charge in [-0.25, -0.2) is 0 Å². The third kappa shape index (κ3) is 2.96. The first-order valence-corrected chi connectivity index (χ1v) is 8.47. The summed E-state index contributed by atoms with van der Waals surface area (Å²) in [6.07, 6.45) is 1.70. The lowest BCUT2D eigenvalue weighted by atomic mass is 9.78. The molecule has 2 aromatic carbocycles. The average Bonchev–Trinajstić information content (AvgIpc) is 2.56. The number of hydrogen-bond donors (Lipinski definition) is 0. The van der Waals surface area contributed by atoms with Crippen LogP contribution < -0.4 is 0 Å². The first-order valence-electron chi connectivity index (χ1n) is 8.09. The van der Waals surface area contributed by atoms with Gasteiger partial charge >= 0.3 is 5.97 Å². The molecule has 24 heavy (non-hydrogen) atoms. The molecule has 3 nitrogen and oxygen atoms in total. The molecule has 0 saturated carbocycles. The van der Waals surface area contributed by atoms with Crippen molar-refractivity contribution in [1.82, 2.24) is 0 Å². The van der Waals surface area contributed by atoms with E-state index < -0.39 is 5.92 Å². The van der Waals surface area contributed by atoms with E-state index in [1.165, 1.54) is 11.1 Å². The molecule has 4 heteroatoms. The van der Waals surface area contributed by atoms with Crippen molar-refractivity contribution in [2.24, 2.45) is 10.9 Å². The number of hydrogen-bond acceptors (Lipinski definition) is 3. The van der Waals surface area contributed by atoms with Crippen molar-refractivity contribution < 1.29 is 9.53 Å². The third-order valence-corrected chi connectivity index (χ3v) is 4.85. The minimum atomic E-state index is -0.473. The molecule has 2 atom stereocenters. The number of aryl methyl sites for hydroxylation is 2. The summed E-state index contributed by atoms with van der Waals surface area (Å²) in [6.45, 7) is 6.28. The number of carbonyl (C=O) groups is 1. The Morgan fingerprint density at radius 1 is 1.17 bits per heavy atom. The molecule has 0 bridgehead atoms. The van der Waals surface area contributed by atoms with Crippen molar-refractivity contribution in [3.05, 3.63) is 63.7 Å². The van der Waals surface area contributed by atoms with Gasteiger partial charge in [0.15, 0.2) is 0 Å². The van der Waals surface area contributed by atoms with E-state index in [-0.39, 0.29) is 11.9 Å². The molecule has 2 aromatic rings. The van der Waals surface area contributed by atoms with Gasteiger partial charge < -0.3 is 4.74 Å². The fraction of sp³-hybridized carbons (Fsp3) is 0.300. The highest BCUT2D eigenvalue weighted by Crippen LogP contribution is 2.44. The van der Waals surface area contributed by atoms with Gasteiger partial charge in [-0.3, -0.25) is 9.79 Å². The Morgan fingerprint density at radius 3 is 2.58 bits per heavy atom. The number of nitrogens with zero attached hydrogens (tertiary/aromatic N) is 1. The van der Waals surface area contributed by atoms with Crippen LogP contribution in [-0.4, -0.2) is 18.8 Å². The zero-order valence-electron chi connectivity index (χ0n) is 14.0. The normalized spacial score (nSPS) is 19.0. The van der Waals surface area contributed by atoms with Gasteiger partial charge in [-0.2, -0.15) is 0 Å². The van der Waals surface area contributed by atoms with Crippen molar-refractivity contribution in [2.45, 2.75) is 26.7 Å². The van der Waals surface area contributed by atoms with Gasteiger partial charge in [-0.1, -0.05) is 35.9 Å². The van der Waals surface area contributed by atoms with E-state index in [0.717, 1.165) is 16.8 Å². The summed E-state index contributed by atoms with van der Waals surface area (Å²) in [4.78, 5) is 17.0. The van der Waals surface area contributed by atoms with E-state index in [9.17, 15) is 4.79 Å². The highest BCUT2D eigenvalue weighted by molar-refractivity contribution is 6.31.